The highest BCUT2D eigenvalue weighted by Gasteiger charge is 2.26. The smallest absolute Gasteiger partial charge is 0.247 e. The molecule has 1 aliphatic heterocycles. The molecule has 0 saturated carbocycles. The minimum Gasteiger partial charge on any atom is -0.378 e. The maximum absolute atomic E-state index is 12.8. The van der Waals surface area contributed by atoms with Crippen LogP contribution in [0.25, 0.3) is 0 Å². The molecular weight excluding hydrogens is 278 g/mol. The first-order chi connectivity index (χ1) is 10.5. The predicted octanol–water partition coefficient (Wildman–Crippen LogP) is 2.87. The lowest BCUT2D eigenvalue weighted by atomic mass is 10.1. The van der Waals surface area contributed by atoms with Crippen LogP contribution in [0.4, 0.5) is 0 Å². The monoisotopic (exact) mass is 307 g/mol. The Morgan fingerprint density at radius 1 is 1.41 bits per heavy atom. The first-order valence-electron chi connectivity index (χ1n) is 8.46. The number of aryl methyl sites for hydroxylation is 2. The summed E-state index contributed by atoms with van der Waals surface area (Å²) < 4.78 is 7.69. The number of nitrogens with zero attached hydrogens (tertiary/aromatic N) is 3. The van der Waals surface area contributed by atoms with Gasteiger partial charge in [0.05, 0.1) is 11.8 Å². The summed E-state index contributed by atoms with van der Waals surface area (Å²) in [5.41, 5.74) is 2.00. The van der Waals surface area contributed by atoms with Gasteiger partial charge in [0.1, 0.15) is 6.04 Å². The molecule has 0 aliphatic carbocycles. The van der Waals surface area contributed by atoms with E-state index in [2.05, 4.69) is 12.0 Å². The van der Waals surface area contributed by atoms with Gasteiger partial charge in [-0.2, -0.15) is 5.10 Å². The third-order valence-corrected chi connectivity index (χ3v) is 4.31. The van der Waals surface area contributed by atoms with Crippen LogP contribution in [0.3, 0.4) is 0 Å². The maximum atomic E-state index is 12.8. The summed E-state index contributed by atoms with van der Waals surface area (Å²) in [7, 11) is 0. The zero-order valence-electron chi connectivity index (χ0n) is 14.3. The Balaban J connectivity index is 1.96. The van der Waals surface area contributed by atoms with Crippen LogP contribution in [0.15, 0.2) is 6.07 Å². The fourth-order valence-electron chi connectivity index (χ4n) is 3.14. The van der Waals surface area contributed by atoms with Crippen LogP contribution in [0.1, 0.15) is 57.0 Å². The fraction of sp³-hybridized carbons (Fsp3) is 0.765. The Hall–Kier alpha value is -1.36. The van der Waals surface area contributed by atoms with Gasteiger partial charge in [0.15, 0.2) is 0 Å². The number of ether oxygens (including phenoxy) is 1. The molecule has 5 nitrogen and oxygen atoms in total. The average molecular weight is 307 g/mol. The summed E-state index contributed by atoms with van der Waals surface area (Å²) in [4.78, 5) is 14.7. The molecule has 124 valence electrons. The molecule has 0 unspecified atom stereocenters. The number of amides is 1. The summed E-state index contributed by atoms with van der Waals surface area (Å²) >= 11 is 0. The van der Waals surface area contributed by atoms with Gasteiger partial charge in [0.2, 0.25) is 5.91 Å². The van der Waals surface area contributed by atoms with Crippen molar-refractivity contribution in [2.45, 2.75) is 65.5 Å². The predicted molar refractivity (Wildman–Crippen MR) is 86.9 cm³/mol. The molecule has 0 radical (unpaired) electrons. The van der Waals surface area contributed by atoms with E-state index in [-0.39, 0.29) is 11.9 Å². The average Bonchev–Trinajstić information content (AvgIpc) is 2.71. The van der Waals surface area contributed by atoms with E-state index in [1.165, 1.54) is 0 Å². The second-order valence-corrected chi connectivity index (χ2v) is 6.30. The molecule has 2 heterocycles. The third-order valence-electron chi connectivity index (χ3n) is 4.31. The summed E-state index contributed by atoms with van der Waals surface area (Å²) in [6.07, 6.45) is 4.37. The van der Waals surface area contributed by atoms with E-state index in [9.17, 15) is 4.79 Å². The molecule has 0 bridgehead atoms. The van der Waals surface area contributed by atoms with E-state index in [0.717, 1.165) is 56.8 Å². The van der Waals surface area contributed by atoms with E-state index in [1.54, 1.807) is 0 Å². The Labute approximate surface area is 133 Å². The number of hydrogen-bond donors (Lipinski definition) is 0. The van der Waals surface area contributed by atoms with E-state index in [1.807, 2.05) is 36.4 Å². The Kier molecular flexibility index (Phi) is 6.00. The van der Waals surface area contributed by atoms with Crippen molar-refractivity contribution in [1.29, 1.82) is 0 Å². The molecule has 0 aromatic carbocycles. The van der Waals surface area contributed by atoms with Crippen molar-refractivity contribution >= 4 is 5.91 Å². The Morgan fingerprint density at radius 2 is 2.18 bits per heavy atom. The highest BCUT2D eigenvalue weighted by molar-refractivity contribution is 5.80. The Bertz CT molecular complexity index is 498. The molecular formula is C17H29N3O2. The first kappa shape index (κ1) is 17.0. The molecule has 22 heavy (non-hydrogen) atoms. The Morgan fingerprint density at radius 3 is 2.82 bits per heavy atom. The first-order valence-corrected chi connectivity index (χ1v) is 8.46. The van der Waals surface area contributed by atoms with Crippen LogP contribution in [0.2, 0.25) is 0 Å². The van der Waals surface area contributed by atoms with Crippen LogP contribution in [-0.2, 0) is 9.53 Å². The molecule has 0 N–H and O–H groups in total. The molecule has 1 amide bonds. The van der Waals surface area contributed by atoms with Crippen LogP contribution in [0.5, 0.6) is 0 Å². The topological polar surface area (TPSA) is 47.4 Å². The molecule has 1 aromatic rings. The number of rotatable bonds is 5. The van der Waals surface area contributed by atoms with Crippen LogP contribution in [0, 0.1) is 13.8 Å². The molecule has 1 aliphatic rings. The van der Waals surface area contributed by atoms with Gasteiger partial charge in [-0.3, -0.25) is 9.48 Å². The van der Waals surface area contributed by atoms with Gasteiger partial charge in [-0.25, -0.2) is 0 Å². The number of likely N-dealkylation sites (tertiary alicyclic amines) is 1. The van der Waals surface area contributed by atoms with Crippen molar-refractivity contribution in [2.24, 2.45) is 0 Å². The summed E-state index contributed by atoms with van der Waals surface area (Å²) in [6.45, 7) is 10.5. The number of aromatic nitrogens is 2. The van der Waals surface area contributed by atoms with Gasteiger partial charge in [-0.05, 0) is 52.5 Å². The number of hydrogen-bond acceptors (Lipinski definition) is 3. The minimum absolute atomic E-state index is 0.169. The second kappa shape index (κ2) is 7.77. The van der Waals surface area contributed by atoms with Crippen molar-refractivity contribution in [3.05, 3.63) is 17.5 Å². The van der Waals surface area contributed by atoms with Crippen molar-refractivity contribution in [3.63, 3.8) is 0 Å². The quantitative estimate of drug-likeness (QED) is 0.840. The van der Waals surface area contributed by atoms with E-state index in [0.29, 0.717) is 6.10 Å². The fourth-order valence-corrected chi connectivity index (χ4v) is 3.14. The van der Waals surface area contributed by atoms with Crippen molar-refractivity contribution in [3.8, 4) is 0 Å². The second-order valence-electron chi connectivity index (χ2n) is 6.30. The van der Waals surface area contributed by atoms with Gasteiger partial charge in [0.25, 0.3) is 0 Å². The van der Waals surface area contributed by atoms with Crippen molar-refractivity contribution < 1.29 is 9.53 Å². The van der Waals surface area contributed by atoms with Gasteiger partial charge in [0, 0.05) is 25.4 Å². The molecule has 1 saturated heterocycles. The molecule has 2 rings (SSSR count). The largest absolute Gasteiger partial charge is 0.378 e. The van der Waals surface area contributed by atoms with Crippen LogP contribution >= 0.6 is 0 Å². The molecule has 0 spiro atoms. The lowest BCUT2D eigenvalue weighted by molar-refractivity contribution is -0.134. The lowest BCUT2D eigenvalue weighted by Gasteiger charge is -2.25. The zero-order chi connectivity index (χ0) is 16.1. The minimum atomic E-state index is -0.234. The standard InChI is InChI=1S/C17H29N3O2/c1-5-11-22-16-7-6-9-19(10-8-16)17(21)15(4)20-14(3)12-13(2)18-20/h12,15-16H,5-11H2,1-4H3/t15-,16+/m0/s1. The SMILES string of the molecule is CCCO[C@@H]1CCCN(C(=O)[C@H](C)n2nc(C)cc2C)CC1. The summed E-state index contributed by atoms with van der Waals surface area (Å²) in [6, 6.07) is 1.78. The highest BCUT2D eigenvalue weighted by atomic mass is 16.5. The molecule has 1 fully saturated rings. The number of carbonyl (C=O) groups is 1. The van der Waals surface area contributed by atoms with Crippen LogP contribution in [-0.4, -0.2) is 46.4 Å². The molecule has 1 aromatic heterocycles. The summed E-state index contributed by atoms with van der Waals surface area (Å²) in [5.74, 6) is 0.169. The van der Waals surface area contributed by atoms with Gasteiger partial charge in [-0.15, -0.1) is 0 Å². The third kappa shape index (κ3) is 4.09. The summed E-state index contributed by atoms with van der Waals surface area (Å²) in [5, 5.41) is 4.45. The van der Waals surface area contributed by atoms with Gasteiger partial charge in [-0.1, -0.05) is 6.92 Å². The van der Waals surface area contributed by atoms with Crippen molar-refractivity contribution in [1.82, 2.24) is 14.7 Å². The highest BCUT2D eigenvalue weighted by Crippen LogP contribution is 2.19. The van der Waals surface area contributed by atoms with Crippen molar-refractivity contribution in [2.75, 3.05) is 19.7 Å². The van der Waals surface area contributed by atoms with Crippen LogP contribution < -0.4 is 0 Å². The van der Waals surface area contributed by atoms with E-state index in [4.69, 9.17) is 4.74 Å². The number of carbonyl (C=O) groups excluding carboxylic acids is 1. The van der Waals surface area contributed by atoms with E-state index >= 15 is 0 Å². The molecule has 5 heteroatoms. The molecule has 2 atom stereocenters. The maximum Gasteiger partial charge on any atom is 0.247 e. The zero-order valence-corrected chi connectivity index (χ0v) is 14.3. The lowest BCUT2D eigenvalue weighted by Crippen LogP contribution is -2.37. The van der Waals surface area contributed by atoms with Gasteiger partial charge >= 0.3 is 0 Å². The normalized spacial score (nSPS) is 20.7. The van der Waals surface area contributed by atoms with Gasteiger partial charge < -0.3 is 9.64 Å². The van der Waals surface area contributed by atoms with E-state index < -0.39 is 0 Å².